The molecule has 9 heteroatoms. The Labute approximate surface area is 174 Å². The number of methoxy groups -OCH3 is 1. The van der Waals surface area contributed by atoms with Gasteiger partial charge in [0.05, 0.1) is 12.8 Å². The molecule has 0 atom stereocenters. The molecule has 0 fully saturated rings. The van der Waals surface area contributed by atoms with E-state index < -0.39 is 11.7 Å². The first-order chi connectivity index (χ1) is 14.0. The number of rotatable bonds is 6. The lowest BCUT2D eigenvalue weighted by Crippen LogP contribution is -2.13. The first kappa shape index (κ1) is 19.4. The third-order valence-electron chi connectivity index (χ3n) is 4.16. The van der Waals surface area contributed by atoms with Crippen molar-refractivity contribution in [2.75, 3.05) is 12.4 Å². The highest BCUT2D eigenvalue weighted by Crippen LogP contribution is 2.34. The van der Waals surface area contributed by atoms with Crippen LogP contribution in [0.25, 0.3) is 11.0 Å². The zero-order valence-electron chi connectivity index (χ0n) is 15.6. The van der Waals surface area contributed by atoms with E-state index in [4.69, 9.17) is 9.15 Å². The van der Waals surface area contributed by atoms with Crippen molar-refractivity contribution in [3.8, 4) is 5.75 Å². The van der Waals surface area contributed by atoms with Crippen molar-refractivity contribution < 1.29 is 18.3 Å². The summed E-state index contributed by atoms with van der Waals surface area (Å²) < 4.78 is 25.3. The average Bonchev–Trinajstić information content (AvgIpc) is 3.30. The third-order valence-corrected chi connectivity index (χ3v) is 6.16. The van der Waals surface area contributed by atoms with Gasteiger partial charge in [-0.2, -0.15) is 0 Å². The van der Waals surface area contributed by atoms with Gasteiger partial charge in [0.1, 0.15) is 22.2 Å². The first-order valence-electron chi connectivity index (χ1n) is 8.63. The minimum Gasteiger partial charge on any atom is -0.494 e. The highest BCUT2D eigenvalue weighted by atomic mass is 32.2. The summed E-state index contributed by atoms with van der Waals surface area (Å²) in [6.45, 7) is 1.89. The highest BCUT2D eigenvalue weighted by molar-refractivity contribution is 8.00. The Hall–Kier alpha value is -2.91. The summed E-state index contributed by atoms with van der Waals surface area (Å²) in [6, 6.07) is 11.4. The van der Waals surface area contributed by atoms with Crippen LogP contribution in [0.2, 0.25) is 0 Å². The number of furan rings is 1. The molecule has 0 aliphatic rings. The smallest absolute Gasteiger partial charge is 0.291 e. The van der Waals surface area contributed by atoms with Crippen LogP contribution in [0.3, 0.4) is 0 Å². The summed E-state index contributed by atoms with van der Waals surface area (Å²) in [5.41, 5.74) is 1.74. The van der Waals surface area contributed by atoms with Gasteiger partial charge in [-0.3, -0.25) is 4.79 Å². The minimum atomic E-state index is -0.451. The Morgan fingerprint density at radius 2 is 2.10 bits per heavy atom. The van der Waals surface area contributed by atoms with Crippen LogP contribution in [-0.2, 0) is 5.75 Å². The number of halogens is 1. The predicted molar refractivity (Wildman–Crippen MR) is 111 cm³/mol. The lowest BCUT2D eigenvalue weighted by molar-refractivity contribution is 0.0997. The summed E-state index contributed by atoms with van der Waals surface area (Å²) in [5, 5.41) is 12.6. The molecule has 0 unspecified atom stereocenters. The molecule has 0 saturated carbocycles. The maximum absolute atomic E-state index is 13.4. The molecule has 0 radical (unpaired) electrons. The number of carbonyl (C=O) groups excluding carboxylic acids is 1. The SMILES string of the molecule is COc1cc(F)ccc1NC(=O)c1oc2ccccc2c1CSc1nnc(C)s1. The second-order valence-corrected chi connectivity index (χ2v) is 8.48. The van der Waals surface area contributed by atoms with E-state index in [2.05, 4.69) is 15.5 Å². The summed E-state index contributed by atoms with van der Waals surface area (Å²) in [5.74, 6) is 0.0406. The summed E-state index contributed by atoms with van der Waals surface area (Å²) >= 11 is 2.99. The van der Waals surface area contributed by atoms with Gasteiger partial charge < -0.3 is 14.5 Å². The van der Waals surface area contributed by atoms with Crippen LogP contribution < -0.4 is 10.1 Å². The molecule has 4 rings (SSSR count). The van der Waals surface area contributed by atoms with Gasteiger partial charge in [0.15, 0.2) is 10.1 Å². The number of ether oxygens (including phenoxy) is 1. The molecule has 2 aromatic heterocycles. The molecule has 1 amide bonds. The first-order valence-corrected chi connectivity index (χ1v) is 10.4. The Bertz CT molecular complexity index is 1190. The molecule has 1 N–H and O–H groups in total. The number of fused-ring (bicyclic) bond motifs is 1. The number of aryl methyl sites for hydroxylation is 1. The number of nitrogens with one attached hydrogen (secondary N) is 1. The van der Waals surface area contributed by atoms with Crippen LogP contribution in [0.1, 0.15) is 21.1 Å². The van der Waals surface area contributed by atoms with Gasteiger partial charge in [-0.25, -0.2) is 4.39 Å². The molecule has 0 aliphatic heterocycles. The highest BCUT2D eigenvalue weighted by Gasteiger charge is 2.22. The van der Waals surface area contributed by atoms with E-state index in [9.17, 15) is 9.18 Å². The molecule has 0 bridgehead atoms. The largest absolute Gasteiger partial charge is 0.494 e. The van der Waals surface area contributed by atoms with E-state index in [1.807, 2.05) is 31.2 Å². The van der Waals surface area contributed by atoms with Crippen LogP contribution in [0.5, 0.6) is 5.75 Å². The molecule has 0 aliphatic carbocycles. The van der Waals surface area contributed by atoms with Gasteiger partial charge in [-0.1, -0.05) is 41.3 Å². The van der Waals surface area contributed by atoms with E-state index in [1.54, 1.807) is 0 Å². The number of benzene rings is 2. The number of amides is 1. The van der Waals surface area contributed by atoms with Crippen molar-refractivity contribution in [3.05, 3.63) is 64.6 Å². The van der Waals surface area contributed by atoms with Crippen molar-refractivity contribution in [3.63, 3.8) is 0 Å². The molecule has 0 spiro atoms. The van der Waals surface area contributed by atoms with Crippen LogP contribution in [0, 0.1) is 12.7 Å². The van der Waals surface area contributed by atoms with E-state index in [0.29, 0.717) is 17.0 Å². The Morgan fingerprint density at radius 3 is 2.86 bits per heavy atom. The summed E-state index contributed by atoms with van der Waals surface area (Å²) in [4.78, 5) is 13.0. The normalized spacial score (nSPS) is 11.0. The maximum atomic E-state index is 13.4. The number of thioether (sulfide) groups is 1. The van der Waals surface area contributed by atoms with Crippen molar-refractivity contribution >= 4 is 45.7 Å². The molecule has 6 nitrogen and oxygen atoms in total. The Balaban J connectivity index is 1.66. The van der Waals surface area contributed by atoms with Crippen molar-refractivity contribution in [2.24, 2.45) is 0 Å². The number of aromatic nitrogens is 2. The van der Waals surface area contributed by atoms with Gasteiger partial charge in [0, 0.05) is 22.8 Å². The topological polar surface area (TPSA) is 77.2 Å². The molecule has 2 heterocycles. The standard InChI is InChI=1S/C20H16FN3O3S2/c1-11-23-24-20(29-11)28-10-14-13-5-3-4-6-16(13)27-18(14)19(25)22-15-8-7-12(21)9-17(15)26-2/h3-9H,10H2,1-2H3,(H,22,25). The van der Waals surface area contributed by atoms with Crippen LogP contribution in [0.4, 0.5) is 10.1 Å². The van der Waals surface area contributed by atoms with Gasteiger partial charge in [-0.15, -0.1) is 10.2 Å². The molecular formula is C20H16FN3O3S2. The fourth-order valence-electron chi connectivity index (χ4n) is 2.84. The fraction of sp³-hybridized carbons (Fsp3) is 0.150. The molecule has 4 aromatic rings. The lowest BCUT2D eigenvalue weighted by Gasteiger charge is -2.10. The molecule has 29 heavy (non-hydrogen) atoms. The van der Waals surface area contributed by atoms with Gasteiger partial charge >= 0.3 is 0 Å². The second-order valence-electron chi connectivity index (χ2n) is 6.08. The zero-order chi connectivity index (χ0) is 20.4. The van der Waals surface area contributed by atoms with Crippen molar-refractivity contribution in [1.29, 1.82) is 0 Å². The van der Waals surface area contributed by atoms with E-state index >= 15 is 0 Å². The maximum Gasteiger partial charge on any atom is 0.291 e. The number of hydrogen-bond donors (Lipinski definition) is 1. The van der Waals surface area contributed by atoms with E-state index in [0.717, 1.165) is 20.3 Å². The Morgan fingerprint density at radius 1 is 1.28 bits per heavy atom. The number of nitrogens with zero attached hydrogens (tertiary/aromatic N) is 2. The van der Waals surface area contributed by atoms with Gasteiger partial charge in [-0.05, 0) is 25.1 Å². The van der Waals surface area contributed by atoms with Crippen LogP contribution >= 0.6 is 23.1 Å². The number of carbonyl (C=O) groups is 1. The average molecular weight is 429 g/mol. The third kappa shape index (κ3) is 4.10. The van der Waals surface area contributed by atoms with Crippen LogP contribution in [0.15, 0.2) is 51.2 Å². The molecule has 148 valence electrons. The summed E-state index contributed by atoms with van der Waals surface area (Å²) in [7, 11) is 1.41. The minimum absolute atomic E-state index is 0.200. The van der Waals surface area contributed by atoms with Crippen molar-refractivity contribution in [1.82, 2.24) is 10.2 Å². The lowest BCUT2D eigenvalue weighted by atomic mass is 10.1. The van der Waals surface area contributed by atoms with Crippen molar-refractivity contribution in [2.45, 2.75) is 17.0 Å². The quantitative estimate of drug-likeness (QED) is 0.420. The zero-order valence-corrected chi connectivity index (χ0v) is 17.2. The molecular weight excluding hydrogens is 413 g/mol. The second kappa shape index (κ2) is 8.22. The van der Waals surface area contributed by atoms with E-state index in [1.165, 1.54) is 48.4 Å². The Kier molecular flexibility index (Phi) is 5.50. The van der Waals surface area contributed by atoms with Gasteiger partial charge in [0.2, 0.25) is 0 Å². The fourth-order valence-corrected chi connectivity index (χ4v) is 4.69. The monoisotopic (exact) mass is 429 g/mol. The molecule has 0 saturated heterocycles. The number of hydrogen-bond acceptors (Lipinski definition) is 7. The van der Waals surface area contributed by atoms with Crippen LogP contribution in [-0.4, -0.2) is 23.2 Å². The number of anilines is 1. The van der Waals surface area contributed by atoms with E-state index in [-0.39, 0.29) is 11.5 Å². The summed E-state index contributed by atoms with van der Waals surface area (Å²) in [6.07, 6.45) is 0. The number of para-hydroxylation sites is 1. The van der Waals surface area contributed by atoms with Gasteiger partial charge in [0.25, 0.3) is 5.91 Å². The molecule has 2 aromatic carbocycles. The predicted octanol–water partition coefficient (Wildman–Crippen LogP) is 5.29.